The maximum Gasteiger partial charge on any atom is 0.409 e. The van der Waals surface area contributed by atoms with Crippen molar-refractivity contribution in [2.24, 2.45) is 84.7 Å². The Kier molecular flexibility index (Phi) is 37.7. The Bertz CT molecular complexity index is 5310. The minimum atomic E-state index is -1.20. The Labute approximate surface area is 876 Å². The average molecular weight is 2080 g/mol. The molecule has 149 heavy (non-hydrogen) atoms. The maximum absolute atomic E-state index is 14.5. The number of benzene rings is 1. The smallest absolute Gasteiger partial charge is 0.409 e. The number of rotatable bonds is 39. The Hall–Kier alpha value is -12.4. The molecule has 17 atom stereocenters. The lowest BCUT2D eigenvalue weighted by Gasteiger charge is -2.42. The Morgan fingerprint density at radius 2 is 0.839 bits per heavy atom. The Morgan fingerprint density at radius 3 is 1.19 bits per heavy atom. The predicted molar refractivity (Wildman–Crippen MR) is 553 cm³/mol. The van der Waals surface area contributed by atoms with Crippen molar-refractivity contribution >= 4 is 118 Å². The highest BCUT2D eigenvalue weighted by atomic mass is 16.6. The first-order valence-corrected chi connectivity index (χ1v) is 52.5. The predicted octanol–water partition coefficient (Wildman–Crippen LogP) is 6.69. The summed E-state index contributed by atoms with van der Waals surface area (Å²) in [5.41, 5.74) is -4.19. The van der Waals surface area contributed by atoms with Crippen LogP contribution in [0.25, 0.3) is 0 Å². The summed E-state index contributed by atoms with van der Waals surface area (Å²) >= 11 is 0. The van der Waals surface area contributed by atoms with Gasteiger partial charge < -0.3 is 92.9 Å². The molecule has 20 amide bonds. The van der Waals surface area contributed by atoms with Crippen LogP contribution >= 0.6 is 0 Å². The molecule has 5 saturated heterocycles. The molecule has 12 rings (SSSR count). The number of amides is 20. The molecule has 5 saturated carbocycles. The second-order valence-corrected chi connectivity index (χ2v) is 49.1. The molecule has 1 aromatic carbocycles. The molecule has 40 heteroatoms. The molecule has 1 aromatic rings. The van der Waals surface area contributed by atoms with Gasteiger partial charge in [-0.3, -0.25) is 86.5 Å². The second-order valence-electron chi connectivity index (χ2n) is 49.1. The zero-order valence-corrected chi connectivity index (χ0v) is 91.2. The van der Waals surface area contributed by atoms with E-state index in [1.54, 1.807) is 29.2 Å². The van der Waals surface area contributed by atoms with Gasteiger partial charge in [0.15, 0.2) is 0 Å². The minimum absolute atomic E-state index is 0.00111. The van der Waals surface area contributed by atoms with Crippen LogP contribution in [0.4, 0.5) is 19.2 Å². The van der Waals surface area contributed by atoms with E-state index < -0.39 is 217 Å². The fourth-order valence-electron chi connectivity index (χ4n) is 22.1. The van der Waals surface area contributed by atoms with Crippen LogP contribution in [0.1, 0.15) is 257 Å². The Balaban J connectivity index is 0.000000229. The third-order valence-corrected chi connectivity index (χ3v) is 31.8. The molecule has 40 nitrogen and oxygen atoms in total. The van der Waals surface area contributed by atoms with Crippen molar-refractivity contribution in [3.63, 3.8) is 0 Å². The Morgan fingerprint density at radius 1 is 0.470 bits per heavy atom. The van der Waals surface area contributed by atoms with Crippen molar-refractivity contribution in [3.8, 4) is 12.3 Å². The number of terminal acetylenes is 1. The molecule has 820 valence electrons. The van der Waals surface area contributed by atoms with E-state index in [-0.39, 0.29) is 136 Å². The van der Waals surface area contributed by atoms with E-state index in [1.165, 1.54) is 37.8 Å². The molecular formula is C109H162N18O22. The standard InChI is InChI=1S/C40H52N6O7.C35H54N6O8.C34H56N6O7/c1-8-10-18-27(30(47)33(49)41-21-9-2)42-32(48)29-28-26(39(28,6)7)22-45(29)36(52)31(38(3,4)5)43-37(53)44-40(19-14-11-15-20-40)23-46-34(50)24-16-12-13-17-25(24)35(46)51;1-10-13-36-30(46)27(44)21(14-19-11-12-19)37-29(45)26-25-20(35(25,8)9)15-41(26)31(47)28(34(5,6)7)39-32(48)38-22(33(2,3)4)16-40-23(42)17-49-18-24(40)43;1-11-14-21(25(41)28(43)35-15-12-2)36-27(42)24-23-20(34(23,9)10)18-40(24)29(44)26(33(6,7)8)38-30(45)37-22(32(3,4)5)19-39-16-13-17-47-31(39)46/h1,9,12-13,16-17,26-29,31H,2,10-11,14-15,18-23H2,3-7H3,(H,41,49)(H,42,48)(H2,43,44,53);10,19-22,25-26,28H,1,11-18H2,2-9H3,(H,36,46)(H,37,45)(H2,38,39,48);12,20-24,26H,2,11,13-19H2,1,3-10H3,(H,35,43)(H,36,42)(H2,37,38,45)/t26-,27?,28-,29-,31+;20-,21?,22+,25-,26-,28+;20-,21?,22+,23-,24-,26+/m000/s1. The van der Waals surface area contributed by atoms with Crippen molar-refractivity contribution in [3.05, 3.63) is 73.4 Å². The molecule has 0 spiro atoms. The molecule has 11 aliphatic rings. The number of nitrogens with zero attached hydrogens (tertiary/aromatic N) is 6. The third-order valence-electron chi connectivity index (χ3n) is 31.8. The van der Waals surface area contributed by atoms with Gasteiger partial charge in [-0.15, -0.1) is 32.1 Å². The highest BCUT2D eigenvalue weighted by Gasteiger charge is 2.73. The SMILES string of the molecule is C#CCCC(NC(=O)[C@@H]1[C@@H]2[C@H](CN1C(=O)[C@@H](NC(=O)NC1(CN3C(=O)c4ccccc4C3=O)CCCCC1)C(C)(C)C)C2(C)C)C(=O)C(=O)NCC=C.C=CCNC(=O)C(=O)C(CC1CC1)NC(=O)[C@@H]1[C@@H]2[C@H](CN1C(=O)[C@@H](NC(=O)N[C@H](CN1C(=O)COCC1=O)C(C)(C)C)C(C)(C)C)C2(C)C.C=CCNC(=O)C(=O)C(CCC)NC(=O)[C@@H]1[C@@H]2[C@H](CN1C(=O)[C@@H](NC(=O)N[C@H](CN1CCCOC1=O)C(C)(C)C)C(C)(C)C)C2(C)C. The molecule has 12 N–H and O–H groups in total. The number of ketones is 3. The first-order valence-electron chi connectivity index (χ1n) is 52.5. The van der Waals surface area contributed by atoms with E-state index in [0.717, 1.165) is 37.0 Å². The number of hydrogen-bond acceptors (Lipinski definition) is 22. The van der Waals surface area contributed by atoms with Gasteiger partial charge in [-0.05, 0) is 135 Å². The van der Waals surface area contributed by atoms with Gasteiger partial charge in [-0.1, -0.05) is 221 Å². The first kappa shape index (κ1) is 118. The minimum Gasteiger partial charge on any atom is -0.449 e. The summed E-state index contributed by atoms with van der Waals surface area (Å²) in [7, 11) is 0. The highest BCUT2D eigenvalue weighted by Crippen LogP contribution is 2.67. The normalized spacial score (nSPS) is 24.1. The number of carbonyl (C=O) groups is 20. The van der Waals surface area contributed by atoms with Gasteiger partial charge in [-0.25, -0.2) is 19.2 Å². The lowest BCUT2D eigenvalue weighted by Crippen LogP contribution is -2.64. The molecule has 10 fully saturated rings. The van der Waals surface area contributed by atoms with E-state index >= 15 is 0 Å². The fraction of sp³-hybridized carbons (Fsp3) is 0.688. The van der Waals surface area contributed by atoms with Crippen LogP contribution in [0.3, 0.4) is 0 Å². The number of carbonyl (C=O) groups excluding carboxylic acids is 20. The molecular weight excluding hydrogens is 1910 g/mol. The van der Waals surface area contributed by atoms with Crippen molar-refractivity contribution in [1.29, 1.82) is 0 Å². The second kappa shape index (κ2) is 47.4. The van der Waals surface area contributed by atoms with E-state index in [4.69, 9.17) is 15.9 Å². The summed E-state index contributed by atoms with van der Waals surface area (Å²) in [6, 6.07) is -5.36. The quantitative estimate of drug-likeness (QED) is 0.0141. The van der Waals surface area contributed by atoms with E-state index in [2.05, 4.69) is 103 Å². The highest BCUT2D eigenvalue weighted by molar-refractivity contribution is 6.39. The summed E-state index contributed by atoms with van der Waals surface area (Å²) in [6.45, 7) is 54.5. The van der Waals surface area contributed by atoms with Crippen LogP contribution in [0.5, 0.6) is 0 Å². The number of urea groups is 3. The maximum atomic E-state index is 14.5. The van der Waals surface area contributed by atoms with Crippen molar-refractivity contribution < 1.29 is 105 Å². The number of Topliss-reactive ketones (excluding diaryl/α,β-unsaturated/α-hetero) is 3. The molecule has 6 aliphatic heterocycles. The zero-order valence-electron chi connectivity index (χ0n) is 91.2. The topological polar surface area (TPSA) is 524 Å². The van der Waals surface area contributed by atoms with Crippen LogP contribution < -0.4 is 63.8 Å². The van der Waals surface area contributed by atoms with Crippen LogP contribution in [0, 0.1) is 97.1 Å². The summed E-state index contributed by atoms with van der Waals surface area (Å²) in [5.74, 6) is -7.13. The van der Waals surface area contributed by atoms with Crippen molar-refractivity contribution in [2.45, 2.75) is 308 Å². The van der Waals surface area contributed by atoms with Crippen molar-refractivity contribution in [2.75, 3.05) is 85.3 Å². The number of piperidine rings is 3. The number of morpholine rings is 1. The van der Waals surface area contributed by atoms with Gasteiger partial charge in [0, 0.05) is 65.3 Å². The first-order chi connectivity index (χ1) is 69.4. The lowest BCUT2D eigenvalue weighted by molar-refractivity contribution is -0.159. The number of nitrogens with one attached hydrogen (secondary N) is 12. The molecule has 6 heterocycles. The third kappa shape index (κ3) is 28.1. The number of ether oxygens (including phenoxy) is 2. The molecule has 3 unspecified atom stereocenters. The molecule has 0 bridgehead atoms. The monoisotopic (exact) mass is 2080 g/mol. The van der Waals surface area contributed by atoms with Crippen LogP contribution in [0.15, 0.2) is 62.2 Å². The molecule has 0 radical (unpaired) electrons. The lowest BCUT2D eigenvalue weighted by atomic mass is 9.81. The van der Waals surface area contributed by atoms with Crippen LogP contribution in [-0.4, -0.2) is 305 Å². The number of hydrogen-bond donors (Lipinski definition) is 12. The number of likely N-dealkylation sites (tertiary alicyclic amines) is 3. The summed E-state index contributed by atoms with van der Waals surface area (Å²) in [6.07, 6.45) is 16.8. The molecule has 5 aliphatic carbocycles. The number of cyclic esters (lactones) is 1. The fourth-order valence-corrected chi connectivity index (χ4v) is 22.1. The van der Waals surface area contributed by atoms with Crippen LogP contribution in [0.2, 0.25) is 0 Å². The van der Waals surface area contributed by atoms with Gasteiger partial charge in [0.25, 0.3) is 41.4 Å². The van der Waals surface area contributed by atoms with E-state index in [9.17, 15) is 95.9 Å². The van der Waals surface area contributed by atoms with Gasteiger partial charge in [0.2, 0.25) is 52.8 Å². The summed E-state index contributed by atoms with van der Waals surface area (Å²) < 4.78 is 10.2. The number of imide groups is 2. The van der Waals surface area contributed by atoms with E-state index in [0.29, 0.717) is 69.5 Å². The van der Waals surface area contributed by atoms with Gasteiger partial charge in [0.1, 0.15) is 49.5 Å². The summed E-state index contributed by atoms with van der Waals surface area (Å²) in [4.78, 5) is 275. The van der Waals surface area contributed by atoms with Gasteiger partial charge in [-0.2, -0.15) is 0 Å². The van der Waals surface area contributed by atoms with Gasteiger partial charge in [0.05, 0.1) is 60.0 Å². The van der Waals surface area contributed by atoms with Gasteiger partial charge >= 0.3 is 24.2 Å². The number of fused-ring (bicyclic) bond motifs is 4. The van der Waals surface area contributed by atoms with E-state index in [1.807, 2.05) is 138 Å². The average Bonchev–Trinajstić information content (AvgIpc) is 1.53. The molecule has 0 aromatic heterocycles. The van der Waals surface area contributed by atoms with Crippen LogP contribution in [-0.2, 0) is 76.6 Å². The largest absolute Gasteiger partial charge is 0.449 e. The zero-order chi connectivity index (χ0) is 111. The summed E-state index contributed by atoms with van der Waals surface area (Å²) in [5, 5.41) is 33.3. The van der Waals surface area contributed by atoms with Crippen molar-refractivity contribution in [1.82, 2.24) is 93.2 Å².